The molecule has 2 heteroatoms. The number of nitrogens with one attached hydrogen (secondary N) is 1. The average Bonchev–Trinajstić information content (AvgIpc) is 3.16. The van der Waals surface area contributed by atoms with Crippen molar-refractivity contribution >= 4 is 27.4 Å². The summed E-state index contributed by atoms with van der Waals surface area (Å²) in [6, 6.07) is 20.0. The van der Waals surface area contributed by atoms with Crippen LogP contribution >= 0.6 is 0 Å². The summed E-state index contributed by atoms with van der Waals surface area (Å²) in [5.74, 6) is 1.45. The predicted octanol–water partition coefficient (Wildman–Crippen LogP) is 5.90. The summed E-state index contributed by atoms with van der Waals surface area (Å²) in [4.78, 5) is 0. The number of hydrogen-bond donors (Lipinski definition) is 1. The van der Waals surface area contributed by atoms with E-state index in [1.165, 1.54) is 44.7 Å². The van der Waals surface area contributed by atoms with Crippen LogP contribution < -0.4 is 5.32 Å². The van der Waals surface area contributed by atoms with Crippen LogP contribution in [0.3, 0.4) is 0 Å². The fourth-order valence-electron chi connectivity index (χ4n) is 4.48. The monoisotopic (exact) mass is 327 g/mol. The lowest BCUT2D eigenvalue weighted by Gasteiger charge is -2.26. The number of furan rings is 1. The lowest BCUT2D eigenvalue weighted by molar-refractivity contribution is 0.556. The van der Waals surface area contributed by atoms with E-state index in [0.717, 1.165) is 18.7 Å². The first kappa shape index (κ1) is 14.6. The Balaban J connectivity index is 1.61. The third kappa shape index (κ3) is 2.25. The highest BCUT2D eigenvalue weighted by Crippen LogP contribution is 2.40. The van der Waals surface area contributed by atoms with E-state index in [2.05, 4.69) is 59.9 Å². The van der Waals surface area contributed by atoms with Crippen LogP contribution in [0.5, 0.6) is 0 Å². The second-order valence-electron chi connectivity index (χ2n) is 6.98. The molecule has 1 N–H and O–H groups in total. The summed E-state index contributed by atoms with van der Waals surface area (Å²) in [6.45, 7) is 0. The zero-order chi connectivity index (χ0) is 16.8. The summed E-state index contributed by atoms with van der Waals surface area (Å²) in [6.07, 6.45) is 5.19. The SMILES string of the molecule is CNc1occc1C1CCc2c(ccc3c2ccc2ccccc23)C1. The molecule has 124 valence electrons. The van der Waals surface area contributed by atoms with Gasteiger partial charge in [-0.3, -0.25) is 0 Å². The highest BCUT2D eigenvalue weighted by molar-refractivity contribution is 6.08. The third-order valence-electron chi connectivity index (χ3n) is 5.71. The molecule has 1 atom stereocenters. The molecule has 0 aliphatic heterocycles. The molecule has 3 aromatic carbocycles. The van der Waals surface area contributed by atoms with E-state index in [1.807, 2.05) is 7.05 Å². The Morgan fingerprint density at radius 2 is 1.80 bits per heavy atom. The summed E-state index contributed by atoms with van der Waals surface area (Å²) in [7, 11) is 1.93. The first-order chi connectivity index (χ1) is 12.3. The Bertz CT molecular complexity index is 1080. The quantitative estimate of drug-likeness (QED) is 0.464. The fraction of sp³-hybridized carbons (Fsp3) is 0.217. The van der Waals surface area contributed by atoms with E-state index >= 15 is 0 Å². The summed E-state index contributed by atoms with van der Waals surface area (Å²) in [5, 5.41) is 8.67. The van der Waals surface area contributed by atoms with Crippen molar-refractivity contribution in [3.63, 3.8) is 0 Å². The molecule has 0 saturated heterocycles. The molecule has 0 saturated carbocycles. The highest BCUT2D eigenvalue weighted by Gasteiger charge is 2.24. The number of anilines is 1. The van der Waals surface area contributed by atoms with Crippen molar-refractivity contribution in [1.29, 1.82) is 0 Å². The van der Waals surface area contributed by atoms with Gasteiger partial charge in [-0.05, 0) is 63.9 Å². The largest absolute Gasteiger partial charge is 0.449 e. The van der Waals surface area contributed by atoms with E-state index in [0.29, 0.717) is 5.92 Å². The lowest BCUT2D eigenvalue weighted by Crippen LogP contribution is -2.13. The Morgan fingerprint density at radius 3 is 2.72 bits per heavy atom. The first-order valence-electron chi connectivity index (χ1n) is 9.02. The van der Waals surface area contributed by atoms with Gasteiger partial charge in [-0.15, -0.1) is 0 Å². The van der Waals surface area contributed by atoms with Gasteiger partial charge in [0.25, 0.3) is 0 Å². The summed E-state index contributed by atoms with van der Waals surface area (Å²) >= 11 is 0. The molecular weight excluding hydrogens is 306 g/mol. The molecule has 1 heterocycles. The van der Waals surface area contributed by atoms with Crippen LogP contribution in [0.1, 0.15) is 29.0 Å². The van der Waals surface area contributed by atoms with Gasteiger partial charge in [0.05, 0.1) is 6.26 Å². The Labute approximate surface area is 147 Å². The maximum Gasteiger partial charge on any atom is 0.195 e. The van der Waals surface area contributed by atoms with Gasteiger partial charge in [0.15, 0.2) is 5.88 Å². The molecule has 1 aliphatic carbocycles. The number of rotatable bonds is 2. The van der Waals surface area contributed by atoms with E-state index < -0.39 is 0 Å². The van der Waals surface area contributed by atoms with Crippen molar-refractivity contribution in [2.24, 2.45) is 0 Å². The number of fused-ring (bicyclic) bond motifs is 5. The summed E-state index contributed by atoms with van der Waals surface area (Å²) in [5.41, 5.74) is 4.34. The smallest absolute Gasteiger partial charge is 0.195 e. The molecule has 0 fully saturated rings. The second kappa shape index (κ2) is 5.66. The molecule has 5 rings (SSSR count). The number of hydrogen-bond acceptors (Lipinski definition) is 2. The Kier molecular flexibility index (Phi) is 3.30. The molecule has 0 radical (unpaired) electrons. The molecule has 4 aromatic rings. The van der Waals surface area contributed by atoms with Crippen LogP contribution in [0.15, 0.2) is 65.3 Å². The molecule has 0 bridgehead atoms. The van der Waals surface area contributed by atoms with Gasteiger partial charge >= 0.3 is 0 Å². The zero-order valence-corrected chi connectivity index (χ0v) is 14.4. The van der Waals surface area contributed by atoms with Crippen molar-refractivity contribution in [3.8, 4) is 0 Å². The van der Waals surface area contributed by atoms with E-state index in [4.69, 9.17) is 4.42 Å². The minimum absolute atomic E-state index is 0.534. The van der Waals surface area contributed by atoms with Crippen LogP contribution in [-0.4, -0.2) is 7.05 Å². The molecule has 1 aliphatic rings. The second-order valence-corrected chi connectivity index (χ2v) is 6.98. The highest BCUT2D eigenvalue weighted by atomic mass is 16.3. The topological polar surface area (TPSA) is 25.2 Å². The minimum Gasteiger partial charge on any atom is -0.449 e. The number of aryl methyl sites for hydroxylation is 1. The molecule has 2 nitrogen and oxygen atoms in total. The van der Waals surface area contributed by atoms with Crippen LogP contribution in [0.25, 0.3) is 21.5 Å². The van der Waals surface area contributed by atoms with Crippen molar-refractivity contribution in [2.75, 3.05) is 12.4 Å². The van der Waals surface area contributed by atoms with Gasteiger partial charge in [-0.25, -0.2) is 0 Å². The van der Waals surface area contributed by atoms with Gasteiger partial charge in [0.2, 0.25) is 0 Å². The van der Waals surface area contributed by atoms with Gasteiger partial charge in [-0.2, -0.15) is 0 Å². The van der Waals surface area contributed by atoms with Crippen molar-refractivity contribution in [2.45, 2.75) is 25.2 Å². The molecule has 1 aromatic heterocycles. The van der Waals surface area contributed by atoms with Gasteiger partial charge in [0.1, 0.15) is 0 Å². The zero-order valence-electron chi connectivity index (χ0n) is 14.4. The molecule has 25 heavy (non-hydrogen) atoms. The van der Waals surface area contributed by atoms with Gasteiger partial charge < -0.3 is 9.73 Å². The van der Waals surface area contributed by atoms with Gasteiger partial charge in [0, 0.05) is 12.6 Å². The molecule has 0 spiro atoms. The Morgan fingerprint density at radius 1 is 0.920 bits per heavy atom. The third-order valence-corrected chi connectivity index (χ3v) is 5.71. The van der Waals surface area contributed by atoms with E-state index in [1.54, 1.807) is 6.26 Å². The summed E-state index contributed by atoms with van der Waals surface area (Å²) < 4.78 is 5.56. The lowest BCUT2D eigenvalue weighted by atomic mass is 9.78. The first-order valence-corrected chi connectivity index (χ1v) is 9.02. The van der Waals surface area contributed by atoms with Crippen LogP contribution in [-0.2, 0) is 12.8 Å². The van der Waals surface area contributed by atoms with Crippen molar-refractivity contribution in [1.82, 2.24) is 0 Å². The standard InChI is InChI=1S/C23H21NO/c1-24-23-20(12-13-25-23)17-7-9-19-16(14-17)8-11-21-18-5-3-2-4-15(18)6-10-22(19)21/h2-6,8,10-13,17,24H,7,9,14H2,1H3. The van der Waals surface area contributed by atoms with Crippen LogP contribution in [0.2, 0.25) is 0 Å². The normalized spacial score (nSPS) is 16.9. The van der Waals surface area contributed by atoms with Crippen molar-refractivity contribution in [3.05, 3.63) is 77.6 Å². The minimum atomic E-state index is 0.534. The Hall–Kier alpha value is -2.74. The number of benzene rings is 3. The fourth-order valence-corrected chi connectivity index (χ4v) is 4.48. The average molecular weight is 327 g/mol. The predicted molar refractivity (Wildman–Crippen MR) is 104 cm³/mol. The maximum atomic E-state index is 5.56. The van der Waals surface area contributed by atoms with Crippen molar-refractivity contribution < 1.29 is 4.42 Å². The molecule has 1 unspecified atom stereocenters. The van der Waals surface area contributed by atoms with E-state index in [9.17, 15) is 0 Å². The van der Waals surface area contributed by atoms with E-state index in [-0.39, 0.29) is 0 Å². The molecular formula is C23H21NO. The van der Waals surface area contributed by atoms with Crippen LogP contribution in [0, 0.1) is 0 Å². The van der Waals surface area contributed by atoms with Crippen LogP contribution in [0.4, 0.5) is 5.88 Å². The molecule has 0 amide bonds. The maximum absolute atomic E-state index is 5.56. The van der Waals surface area contributed by atoms with Gasteiger partial charge in [-0.1, -0.05) is 48.5 Å².